The molecule has 1 rings (SSSR count). The van der Waals surface area contributed by atoms with Crippen molar-refractivity contribution in [3.05, 3.63) is 28.2 Å². The summed E-state index contributed by atoms with van der Waals surface area (Å²) in [6, 6.07) is 2.17. The van der Waals surface area contributed by atoms with E-state index in [1.807, 2.05) is 0 Å². The van der Waals surface area contributed by atoms with Crippen molar-refractivity contribution in [2.75, 3.05) is 0 Å². The molecule has 25 heavy (non-hydrogen) atoms. The van der Waals surface area contributed by atoms with Crippen LogP contribution in [0.3, 0.4) is 0 Å². The van der Waals surface area contributed by atoms with Crippen molar-refractivity contribution in [2.24, 2.45) is 0 Å². The molecule has 0 atom stereocenters. The maximum Gasteiger partial charge on any atom is 1.00 e. The van der Waals surface area contributed by atoms with Gasteiger partial charge in [0.05, 0.1) is 10.0 Å². The normalized spacial score (nSPS) is 14.1. The predicted octanol–water partition coefficient (Wildman–Crippen LogP) is 0.137. The summed E-state index contributed by atoms with van der Waals surface area (Å²) in [5.41, 5.74) is 0. The monoisotopic (exact) mass is 446 g/mol. The molecule has 1 aromatic rings. The number of hydrogen-bond acceptors (Lipinski definition) is 5. The van der Waals surface area contributed by atoms with Gasteiger partial charge in [0.1, 0.15) is 4.90 Å². The number of sulfone groups is 1. The Kier molecular flexibility index (Phi) is 7.06. The number of alkyl halides is 6. The van der Waals surface area contributed by atoms with Crippen molar-refractivity contribution in [3.8, 4) is 0 Å². The van der Waals surface area contributed by atoms with E-state index in [1.54, 1.807) is 0 Å². The fourth-order valence-electron chi connectivity index (χ4n) is 1.36. The molecule has 0 radical (unpaired) electrons. The summed E-state index contributed by atoms with van der Waals surface area (Å²) < 4.78 is 134. The molecule has 138 valence electrons. The third kappa shape index (κ3) is 3.65. The van der Waals surface area contributed by atoms with Gasteiger partial charge in [-0.1, -0.05) is 29.3 Å². The van der Waals surface area contributed by atoms with E-state index >= 15 is 0 Å². The van der Waals surface area contributed by atoms with E-state index < -0.39 is 51.3 Å². The molecule has 0 fully saturated rings. The molecule has 0 aliphatic heterocycles. The molecule has 0 saturated carbocycles. The SMILES string of the molecule is O=S(=O)([O-])C(F)(F)C(F)(F)C(F)(F)S(=O)(=O)c1c(Cl)cccc1Cl.[Li+]. The van der Waals surface area contributed by atoms with E-state index in [-0.39, 0.29) is 18.9 Å². The quantitative estimate of drug-likeness (QED) is 0.364. The van der Waals surface area contributed by atoms with Crippen LogP contribution in [0.2, 0.25) is 10.0 Å². The minimum atomic E-state index is -7.35. The first-order valence-electron chi connectivity index (χ1n) is 5.20. The third-order valence-corrected chi connectivity index (χ3v) is 6.22. The molecule has 0 aliphatic rings. The van der Waals surface area contributed by atoms with Gasteiger partial charge in [-0.15, -0.1) is 0 Å². The second-order valence-corrected chi connectivity index (χ2v) is 8.28. The average Bonchev–Trinajstić information content (AvgIpc) is 2.36. The summed E-state index contributed by atoms with van der Waals surface area (Å²) in [6.07, 6.45) is 0. The van der Waals surface area contributed by atoms with Crippen LogP contribution in [0.15, 0.2) is 23.1 Å². The van der Waals surface area contributed by atoms with Gasteiger partial charge in [0.25, 0.3) is 9.84 Å². The molecule has 0 aliphatic carbocycles. The average molecular weight is 447 g/mol. The zero-order chi connectivity index (χ0) is 19.4. The smallest absolute Gasteiger partial charge is 0.743 e. The van der Waals surface area contributed by atoms with E-state index in [0.29, 0.717) is 12.1 Å². The molecule has 0 spiro atoms. The molecule has 0 unspecified atom stereocenters. The van der Waals surface area contributed by atoms with Crippen LogP contribution in [0.1, 0.15) is 0 Å². The minimum Gasteiger partial charge on any atom is -0.743 e. The van der Waals surface area contributed by atoms with Crippen LogP contribution in [0.4, 0.5) is 26.3 Å². The van der Waals surface area contributed by atoms with E-state index in [0.717, 1.165) is 6.07 Å². The first-order valence-corrected chi connectivity index (χ1v) is 8.85. The number of hydrogen-bond donors (Lipinski definition) is 0. The Morgan fingerprint density at radius 1 is 0.840 bits per heavy atom. The van der Waals surface area contributed by atoms with Crippen LogP contribution in [-0.4, -0.2) is 37.8 Å². The van der Waals surface area contributed by atoms with Crippen LogP contribution >= 0.6 is 23.2 Å². The Balaban J connectivity index is 0.00000576. The summed E-state index contributed by atoms with van der Waals surface area (Å²) in [5, 5.41) is -15.9. The zero-order valence-electron chi connectivity index (χ0n) is 11.6. The molecule has 0 saturated heterocycles. The zero-order valence-corrected chi connectivity index (χ0v) is 14.8. The Hall–Kier alpha value is -0.163. The largest absolute Gasteiger partial charge is 1.00 e. The second-order valence-electron chi connectivity index (χ2n) is 4.12. The van der Waals surface area contributed by atoms with Gasteiger partial charge in [-0.3, -0.25) is 0 Å². The molecule has 0 amide bonds. The fourth-order valence-corrected chi connectivity index (χ4v) is 4.25. The minimum absolute atomic E-state index is 0. The second kappa shape index (κ2) is 7.10. The molecule has 1 aromatic carbocycles. The van der Waals surface area contributed by atoms with Gasteiger partial charge in [0.15, 0.2) is 10.1 Å². The van der Waals surface area contributed by atoms with Gasteiger partial charge < -0.3 is 4.55 Å². The van der Waals surface area contributed by atoms with Gasteiger partial charge in [-0.2, -0.15) is 26.3 Å². The third-order valence-electron chi connectivity index (χ3n) is 2.57. The molecular formula is C9H3Cl2F6LiO5S2. The van der Waals surface area contributed by atoms with Crippen LogP contribution in [0, 0.1) is 0 Å². The van der Waals surface area contributed by atoms with Crippen molar-refractivity contribution in [1.82, 2.24) is 0 Å². The van der Waals surface area contributed by atoms with Gasteiger partial charge >= 0.3 is 35.3 Å². The van der Waals surface area contributed by atoms with Crippen molar-refractivity contribution in [2.45, 2.75) is 21.3 Å². The first-order chi connectivity index (χ1) is 10.4. The number of rotatable bonds is 5. The summed E-state index contributed by atoms with van der Waals surface area (Å²) in [5.74, 6) is -7.12. The van der Waals surface area contributed by atoms with Gasteiger partial charge in [0.2, 0.25) is 0 Å². The topological polar surface area (TPSA) is 91.3 Å². The summed E-state index contributed by atoms with van der Waals surface area (Å²) in [7, 11) is -14.1. The van der Waals surface area contributed by atoms with Crippen molar-refractivity contribution in [3.63, 3.8) is 0 Å². The Bertz CT molecular complexity index is 854. The maximum absolute atomic E-state index is 13.7. The van der Waals surface area contributed by atoms with E-state index in [9.17, 15) is 47.7 Å². The first kappa shape index (κ1) is 24.8. The molecular weight excluding hydrogens is 444 g/mol. The van der Waals surface area contributed by atoms with Crippen LogP contribution in [0.25, 0.3) is 0 Å². The predicted molar refractivity (Wildman–Crippen MR) is 68.2 cm³/mol. The summed E-state index contributed by atoms with van der Waals surface area (Å²) in [4.78, 5) is -1.84. The van der Waals surface area contributed by atoms with Crippen molar-refractivity contribution >= 4 is 43.2 Å². The Morgan fingerprint density at radius 2 is 1.20 bits per heavy atom. The van der Waals surface area contributed by atoms with E-state index in [1.165, 1.54) is 0 Å². The molecule has 0 aromatic heterocycles. The van der Waals surface area contributed by atoms with Gasteiger partial charge in [-0.25, -0.2) is 16.8 Å². The summed E-state index contributed by atoms with van der Waals surface area (Å²) in [6.45, 7) is 0. The van der Waals surface area contributed by atoms with Crippen molar-refractivity contribution < 1.29 is 66.6 Å². The Labute approximate surface area is 159 Å². The molecule has 0 bridgehead atoms. The van der Waals surface area contributed by atoms with Gasteiger partial charge in [0, 0.05) is 0 Å². The molecule has 5 nitrogen and oxygen atoms in total. The Morgan fingerprint density at radius 3 is 1.52 bits per heavy atom. The van der Waals surface area contributed by atoms with Crippen molar-refractivity contribution in [1.29, 1.82) is 0 Å². The molecule has 16 heteroatoms. The van der Waals surface area contributed by atoms with Crippen LogP contribution in [0.5, 0.6) is 0 Å². The fraction of sp³-hybridized carbons (Fsp3) is 0.333. The number of benzene rings is 1. The molecule has 0 heterocycles. The summed E-state index contributed by atoms with van der Waals surface area (Å²) >= 11 is 10.5. The van der Waals surface area contributed by atoms with Crippen LogP contribution < -0.4 is 18.9 Å². The number of halogens is 8. The van der Waals surface area contributed by atoms with Crippen LogP contribution in [-0.2, 0) is 20.0 Å². The van der Waals surface area contributed by atoms with E-state index in [4.69, 9.17) is 23.2 Å². The van der Waals surface area contributed by atoms with Gasteiger partial charge in [-0.05, 0) is 12.1 Å². The molecule has 0 N–H and O–H groups in total. The van der Waals surface area contributed by atoms with E-state index in [2.05, 4.69) is 0 Å². The maximum atomic E-state index is 13.7. The standard InChI is InChI=1S/C9H4Cl2F6O5S2.Li/c10-4-2-1-3-5(11)6(4)23(18,19)8(14,15)7(12,13)9(16,17)24(20,21)22;/h1-3H,(H,20,21,22);/q;+1/p-1.